The predicted molar refractivity (Wildman–Crippen MR) is 103 cm³/mol. The van der Waals surface area contributed by atoms with Crippen LogP contribution in [0.25, 0.3) is 0 Å². The number of alkyl carbamates (subject to hydrolysis) is 1. The summed E-state index contributed by atoms with van der Waals surface area (Å²) in [5.41, 5.74) is 5.40. The second-order valence-corrected chi connectivity index (χ2v) is 7.24. The van der Waals surface area contributed by atoms with E-state index >= 15 is 0 Å². The van der Waals surface area contributed by atoms with Gasteiger partial charge >= 0.3 is 6.09 Å². The van der Waals surface area contributed by atoms with Crippen LogP contribution in [0.3, 0.4) is 0 Å². The summed E-state index contributed by atoms with van der Waals surface area (Å²) in [6, 6.07) is 14.3. The fourth-order valence-electron chi connectivity index (χ4n) is 2.64. The van der Waals surface area contributed by atoms with Crippen molar-refractivity contribution < 1.29 is 9.53 Å². The van der Waals surface area contributed by atoms with Crippen LogP contribution in [0.5, 0.6) is 0 Å². The van der Waals surface area contributed by atoms with Crippen molar-refractivity contribution in [2.45, 2.75) is 53.3 Å². The van der Waals surface area contributed by atoms with E-state index in [4.69, 9.17) is 4.74 Å². The molecule has 0 atom stereocenters. The predicted octanol–water partition coefficient (Wildman–Crippen LogP) is 4.94. The molecule has 0 spiro atoms. The smallest absolute Gasteiger partial charge is 0.407 e. The third-order valence-electron chi connectivity index (χ3n) is 3.94. The molecule has 0 heterocycles. The van der Waals surface area contributed by atoms with Crippen LogP contribution >= 0.6 is 0 Å². The summed E-state index contributed by atoms with van der Waals surface area (Å²) in [6.07, 6.45) is -0.406. The second kappa shape index (κ2) is 8.06. The number of aryl methyl sites for hydroxylation is 2. The van der Waals surface area contributed by atoms with Crippen molar-refractivity contribution in [3.05, 3.63) is 64.7 Å². The summed E-state index contributed by atoms with van der Waals surface area (Å²) in [5, 5.41) is 6.31. The number of hydrogen-bond donors (Lipinski definition) is 2. The van der Waals surface area contributed by atoms with Crippen molar-refractivity contribution in [1.29, 1.82) is 0 Å². The molecule has 1 amide bonds. The Labute approximate surface area is 150 Å². The molecule has 0 saturated carbocycles. The van der Waals surface area contributed by atoms with Crippen LogP contribution < -0.4 is 10.6 Å². The summed E-state index contributed by atoms with van der Waals surface area (Å²) < 4.78 is 5.29. The first-order valence-corrected chi connectivity index (χ1v) is 8.60. The quantitative estimate of drug-likeness (QED) is 0.810. The second-order valence-electron chi connectivity index (χ2n) is 7.24. The molecule has 0 radical (unpaired) electrons. The highest BCUT2D eigenvalue weighted by Gasteiger charge is 2.16. The topological polar surface area (TPSA) is 50.4 Å². The van der Waals surface area contributed by atoms with Gasteiger partial charge in [-0.15, -0.1) is 0 Å². The molecule has 0 unspecified atom stereocenters. The van der Waals surface area contributed by atoms with Gasteiger partial charge in [-0.25, -0.2) is 4.79 Å². The first-order valence-electron chi connectivity index (χ1n) is 8.60. The summed E-state index contributed by atoms with van der Waals surface area (Å²) in [4.78, 5) is 11.9. The van der Waals surface area contributed by atoms with Gasteiger partial charge in [0.25, 0.3) is 0 Å². The minimum atomic E-state index is -0.496. The standard InChI is InChI=1S/C21H28N2O2/c1-15-9-8-10-16(2)18(15)14-22-19-12-7-6-11-17(19)13-23-20(24)25-21(3,4)5/h6-12,22H,13-14H2,1-5H3,(H,23,24). The molecule has 2 rings (SSSR count). The fourth-order valence-corrected chi connectivity index (χ4v) is 2.64. The SMILES string of the molecule is Cc1cccc(C)c1CNc1ccccc1CNC(=O)OC(C)(C)C. The molecule has 134 valence electrons. The number of para-hydroxylation sites is 1. The van der Waals surface area contributed by atoms with E-state index in [0.717, 1.165) is 17.8 Å². The average molecular weight is 340 g/mol. The maximum absolute atomic E-state index is 11.9. The molecule has 4 nitrogen and oxygen atoms in total. The van der Waals surface area contributed by atoms with Gasteiger partial charge in [0.1, 0.15) is 5.60 Å². The number of hydrogen-bond acceptors (Lipinski definition) is 3. The van der Waals surface area contributed by atoms with Gasteiger partial charge in [-0.2, -0.15) is 0 Å². The van der Waals surface area contributed by atoms with Gasteiger partial charge in [0.2, 0.25) is 0 Å². The molecule has 0 aromatic heterocycles. The number of amides is 1. The fraction of sp³-hybridized carbons (Fsp3) is 0.381. The monoisotopic (exact) mass is 340 g/mol. The van der Waals surface area contributed by atoms with Crippen molar-refractivity contribution in [2.75, 3.05) is 5.32 Å². The summed E-state index contributed by atoms with van der Waals surface area (Å²) >= 11 is 0. The molecule has 0 aliphatic rings. The average Bonchev–Trinajstić information content (AvgIpc) is 2.52. The van der Waals surface area contributed by atoms with Crippen molar-refractivity contribution >= 4 is 11.8 Å². The van der Waals surface area contributed by atoms with Crippen molar-refractivity contribution in [3.63, 3.8) is 0 Å². The van der Waals surface area contributed by atoms with Gasteiger partial charge in [-0.1, -0.05) is 36.4 Å². The number of carbonyl (C=O) groups excluding carboxylic acids is 1. The molecule has 0 bridgehead atoms. The van der Waals surface area contributed by atoms with Crippen LogP contribution in [0.15, 0.2) is 42.5 Å². The Hall–Kier alpha value is -2.49. The van der Waals surface area contributed by atoms with Gasteiger partial charge in [-0.05, 0) is 62.9 Å². The highest BCUT2D eigenvalue weighted by atomic mass is 16.6. The Kier molecular flexibility index (Phi) is 6.07. The lowest BCUT2D eigenvalue weighted by molar-refractivity contribution is 0.0523. The first-order chi connectivity index (χ1) is 11.8. The maximum Gasteiger partial charge on any atom is 0.407 e. The lowest BCUT2D eigenvalue weighted by Gasteiger charge is -2.20. The van der Waals surface area contributed by atoms with Gasteiger partial charge in [0.15, 0.2) is 0 Å². The van der Waals surface area contributed by atoms with E-state index in [0.29, 0.717) is 6.54 Å². The molecule has 2 N–H and O–H groups in total. The normalized spacial score (nSPS) is 11.1. The molecule has 2 aromatic rings. The highest BCUT2D eigenvalue weighted by molar-refractivity contribution is 5.68. The van der Waals surface area contributed by atoms with Crippen LogP contribution in [0.2, 0.25) is 0 Å². The van der Waals surface area contributed by atoms with Gasteiger partial charge in [0.05, 0.1) is 0 Å². The minimum Gasteiger partial charge on any atom is -0.444 e. The highest BCUT2D eigenvalue weighted by Crippen LogP contribution is 2.19. The lowest BCUT2D eigenvalue weighted by atomic mass is 10.0. The molecular formula is C21H28N2O2. The molecule has 0 fully saturated rings. The van der Waals surface area contributed by atoms with Crippen LogP contribution in [-0.4, -0.2) is 11.7 Å². The summed E-state index contributed by atoms with van der Waals surface area (Å²) in [5.74, 6) is 0. The Morgan fingerprint density at radius 1 is 0.960 bits per heavy atom. The molecule has 0 aliphatic carbocycles. The Morgan fingerprint density at radius 2 is 1.60 bits per heavy atom. The number of rotatable bonds is 5. The van der Waals surface area contributed by atoms with Crippen LogP contribution in [0.4, 0.5) is 10.5 Å². The minimum absolute atomic E-state index is 0.406. The number of anilines is 1. The lowest BCUT2D eigenvalue weighted by Crippen LogP contribution is -2.32. The van der Waals surface area contributed by atoms with E-state index in [1.165, 1.54) is 16.7 Å². The van der Waals surface area contributed by atoms with E-state index in [1.807, 2.05) is 45.0 Å². The molecular weight excluding hydrogens is 312 g/mol. The number of nitrogens with one attached hydrogen (secondary N) is 2. The third kappa shape index (κ3) is 5.82. The van der Waals surface area contributed by atoms with E-state index < -0.39 is 11.7 Å². The number of ether oxygens (including phenoxy) is 1. The molecule has 4 heteroatoms. The van der Waals surface area contributed by atoms with Crippen LogP contribution in [-0.2, 0) is 17.8 Å². The zero-order valence-electron chi connectivity index (χ0n) is 15.8. The molecule has 0 aliphatic heterocycles. The Morgan fingerprint density at radius 3 is 2.24 bits per heavy atom. The summed E-state index contributed by atoms with van der Waals surface area (Å²) in [7, 11) is 0. The van der Waals surface area contributed by atoms with Crippen LogP contribution in [0, 0.1) is 13.8 Å². The van der Waals surface area contributed by atoms with E-state index in [-0.39, 0.29) is 0 Å². The Bertz CT molecular complexity index is 713. The third-order valence-corrected chi connectivity index (χ3v) is 3.94. The number of benzene rings is 2. The zero-order chi connectivity index (χ0) is 18.4. The van der Waals surface area contributed by atoms with Gasteiger partial charge in [0, 0.05) is 18.8 Å². The summed E-state index contributed by atoms with van der Waals surface area (Å²) in [6.45, 7) is 11.0. The van der Waals surface area contributed by atoms with Gasteiger partial charge in [-0.3, -0.25) is 0 Å². The van der Waals surface area contributed by atoms with Crippen molar-refractivity contribution in [3.8, 4) is 0 Å². The molecule has 0 saturated heterocycles. The molecule has 25 heavy (non-hydrogen) atoms. The largest absolute Gasteiger partial charge is 0.444 e. The molecule has 2 aromatic carbocycles. The van der Waals surface area contributed by atoms with E-state index in [1.54, 1.807) is 0 Å². The van der Waals surface area contributed by atoms with Crippen molar-refractivity contribution in [2.24, 2.45) is 0 Å². The van der Waals surface area contributed by atoms with E-state index in [2.05, 4.69) is 42.7 Å². The Balaban J connectivity index is 2.02. The van der Waals surface area contributed by atoms with Gasteiger partial charge < -0.3 is 15.4 Å². The number of carbonyl (C=O) groups is 1. The maximum atomic E-state index is 11.9. The first kappa shape index (κ1) is 18.8. The van der Waals surface area contributed by atoms with Crippen molar-refractivity contribution in [1.82, 2.24) is 5.32 Å². The van der Waals surface area contributed by atoms with E-state index in [9.17, 15) is 4.79 Å². The van der Waals surface area contributed by atoms with Crippen LogP contribution in [0.1, 0.15) is 43.0 Å². The zero-order valence-corrected chi connectivity index (χ0v) is 15.8.